The summed E-state index contributed by atoms with van der Waals surface area (Å²) in [5, 5.41) is 0.599. The van der Waals surface area contributed by atoms with Crippen LogP contribution in [0.1, 0.15) is 26.3 Å². The third kappa shape index (κ3) is 5.76. The van der Waals surface area contributed by atoms with E-state index < -0.39 is 11.4 Å². The Morgan fingerprint density at radius 1 is 1.06 bits per heavy atom. The van der Waals surface area contributed by atoms with Gasteiger partial charge in [0, 0.05) is 27.6 Å². The maximum atomic E-state index is 12.6. The van der Waals surface area contributed by atoms with Crippen molar-refractivity contribution in [2.75, 3.05) is 7.11 Å². The van der Waals surface area contributed by atoms with Crippen molar-refractivity contribution < 1.29 is 40.3 Å². The Labute approximate surface area is 214 Å². The molecule has 0 saturated carbocycles. The molecule has 4 aromatic rings. The van der Waals surface area contributed by atoms with Crippen molar-refractivity contribution >= 4 is 44.5 Å². The van der Waals surface area contributed by atoms with E-state index in [-0.39, 0.29) is 34.9 Å². The fraction of sp³-hybridized carbons (Fsp3) is 0.0769. The number of hydrogen-bond acceptors (Lipinski definition) is 5. The zero-order valence-electron chi connectivity index (χ0n) is 18.0. The molecule has 0 unspecified atom stereocenters. The van der Waals surface area contributed by atoms with Crippen LogP contribution in [0.2, 0.25) is 0 Å². The minimum absolute atomic E-state index is 0. The van der Waals surface area contributed by atoms with E-state index >= 15 is 0 Å². The number of fused-ring (bicyclic) bond motifs is 1. The predicted molar refractivity (Wildman–Crippen MR) is 128 cm³/mol. The Morgan fingerprint density at radius 3 is 2.44 bits per heavy atom. The number of halogens is 2. The average Bonchev–Trinajstić information content (AvgIpc) is 2.83. The molecular weight excluding hydrogens is 566 g/mol. The van der Waals surface area contributed by atoms with Crippen LogP contribution in [0.5, 0.6) is 5.75 Å². The zero-order valence-corrected chi connectivity index (χ0v) is 21.2. The third-order valence-electron chi connectivity index (χ3n) is 5.05. The van der Waals surface area contributed by atoms with Gasteiger partial charge in [0.15, 0.2) is 29.5 Å². The van der Waals surface area contributed by atoms with Gasteiger partial charge in [0.05, 0.1) is 7.11 Å². The summed E-state index contributed by atoms with van der Waals surface area (Å²) in [4.78, 5) is 37.3. The van der Waals surface area contributed by atoms with Crippen molar-refractivity contribution in [1.82, 2.24) is 0 Å². The molecule has 172 valence electrons. The molecule has 0 aliphatic heterocycles. The molecule has 2 aromatic heterocycles. The summed E-state index contributed by atoms with van der Waals surface area (Å²) < 4.78 is 13.2. The lowest BCUT2D eigenvalue weighted by molar-refractivity contribution is -0.683. The number of methoxy groups -OCH3 is 1. The van der Waals surface area contributed by atoms with Gasteiger partial charge in [0.2, 0.25) is 12.3 Å². The molecule has 34 heavy (non-hydrogen) atoms. The van der Waals surface area contributed by atoms with Gasteiger partial charge in [-0.05, 0) is 35.9 Å². The molecule has 2 heterocycles. The number of carbonyl (C=O) groups excluding carboxylic acids is 2. The maximum Gasteiger partial charge on any atom is 0.347 e. The molecule has 6 nitrogen and oxygen atoms in total. The summed E-state index contributed by atoms with van der Waals surface area (Å²) in [6, 6.07) is 17.5. The quantitative estimate of drug-likeness (QED) is 0.143. The molecule has 2 aromatic carbocycles. The molecule has 8 heteroatoms. The van der Waals surface area contributed by atoms with Crippen LogP contribution in [0.25, 0.3) is 17.0 Å². The first-order valence-electron chi connectivity index (χ1n) is 10.1. The standard InChI is InChI=1S/C26H19BrNO5.BrH/c1-32-24-4-2-3-19-15-21(26(31)33-25(19)24)22(29)10-5-17-11-13-28(14-12-17)16-23(30)18-6-8-20(27)9-7-18;/h2-15H,16H2,1H3;1H/q+1;/p-1/b10-5+;. The highest BCUT2D eigenvalue weighted by molar-refractivity contribution is 9.10. The largest absolute Gasteiger partial charge is 1.00 e. The van der Waals surface area contributed by atoms with Crippen molar-refractivity contribution in [3.05, 3.63) is 111 Å². The number of allylic oxidation sites excluding steroid dienone is 1. The maximum absolute atomic E-state index is 12.6. The fourth-order valence-electron chi connectivity index (χ4n) is 3.29. The molecule has 0 aliphatic carbocycles. The highest BCUT2D eigenvalue weighted by Gasteiger charge is 2.14. The lowest BCUT2D eigenvalue weighted by atomic mass is 10.1. The topological polar surface area (TPSA) is 77.5 Å². The van der Waals surface area contributed by atoms with Gasteiger partial charge in [-0.2, -0.15) is 4.57 Å². The Kier molecular flexibility index (Phi) is 8.31. The average molecular weight is 585 g/mol. The summed E-state index contributed by atoms with van der Waals surface area (Å²) in [6.07, 6.45) is 6.46. The van der Waals surface area contributed by atoms with Crippen LogP contribution >= 0.6 is 15.9 Å². The number of nitrogens with zero attached hydrogens (tertiary/aromatic N) is 1. The van der Waals surface area contributed by atoms with Crippen LogP contribution in [0.3, 0.4) is 0 Å². The highest BCUT2D eigenvalue weighted by atomic mass is 79.9. The molecule has 0 atom stereocenters. The Hall–Kier alpha value is -3.36. The van der Waals surface area contributed by atoms with E-state index in [0.29, 0.717) is 22.3 Å². The van der Waals surface area contributed by atoms with Crippen LogP contribution in [0.15, 0.2) is 92.8 Å². The van der Waals surface area contributed by atoms with Crippen molar-refractivity contribution in [2.24, 2.45) is 0 Å². The molecule has 0 fully saturated rings. The number of rotatable bonds is 7. The smallest absolute Gasteiger partial charge is 0.347 e. The van der Waals surface area contributed by atoms with Gasteiger partial charge >= 0.3 is 5.63 Å². The van der Waals surface area contributed by atoms with Gasteiger partial charge in [0.25, 0.3) is 0 Å². The van der Waals surface area contributed by atoms with E-state index in [2.05, 4.69) is 15.9 Å². The van der Waals surface area contributed by atoms with Gasteiger partial charge < -0.3 is 26.1 Å². The first-order valence-corrected chi connectivity index (χ1v) is 10.8. The number of Topliss-reactive ketones (excluding diaryl/α,β-unsaturated/α-hetero) is 1. The van der Waals surface area contributed by atoms with E-state index in [4.69, 9.17) is 9.15 Å². The number of ketones is 2. The van der Waals surface area contributed by atoms with E-state index in [1.54, 1.807) is 65.5 Å². The monoisotopic (exact) mass is 583 g/mol. The lowest BCUT2D eigenvalue weighted by Gasteiger charge is -2.04. The van der Waals surface area contributed by atoms with E-state index in [1.165, 1.54) is 19.3 Å². The number of carbonyl (C=O) groups is 2. The molecule has 0 radical (unpaired) electrons. The molecule has 0 amide bonds. The van der Waals surface area contributed by atoms with E-state index in [1.807, 2.05) is 12.1 Å². The number of ether oxygens (including phenoxy) is 1. The van der Waals surface area contributed by atoms with Crippen LogP contribution in [0, 0.1) is 0 Å². The summed E-state index contributed by atoms with van der Waals surface area (Å²) >= 11 is 3.35. The molecule has 0 saturated heterocycles. The summed E-state index contributed by atoms with van der Waals surface area (Å²) in [5.74, 6) is -0.0448. The van der Waals surface area contributed by atoms with Crippen LogP contribution in [-0.4, -0.2) is 18.7 Å². The number of hydrogen-bond donors (Lipinski definition) is 0. The van der Waals surface area contributed by atoms with E-state index in [9.17, 15) is 14.4 Å². The lowest BCUT2D eigenvalue weighted by Crippen LogP contribution is -3.00. The Morgan fingerprint density at radius 2 is 1.76 bits per heavy atom. The molecule has 0 aliphatic rings. The first kappa shape index (κ1) is 25.3. The van der Waals surface area contributed by atoms with Gasteiger partial charge in [-0.1, -0.05) is 46.3 Å². The van der Waals surface area contributed by atoms with E-state index in [0.717, 1.165) is 10.0 Å². The molecular formula is C26H19Br2NO5. The minimum atomic E-state index is -0.723. The Bertz CT molecular complexity index is 1420. The summed E-state index contributed by atoms with van der Waals surface area (Å²) in [7, 11) is 1.48. The minimum Gasteiger partial charge on any atom is -1.00 e. The van der Waals surface area contributed by atoms with Gasteiger partial charge in [-0.3, -0.25) is 9.59 Å². The number of pyridine rings is 1. The molecule has 0 N–H and O–H groups in total. The molecule has 4 rings (SSSR count). The first-order chi connectivity index (χ1) is 15.9. The van der Waals surface area contributed by atoms with Crippen LogP contribution in [0.4, 0.5) is 0 Å². The Balaban J connectivity index is 0.00000324. The van der Waals surface area contributed by atoms with Crippen molar-refractivity contribution in [2.45, 2.75) is 6.54 Å². The highest BCUT2D eigenvalue weighted by Crippen LogP contribution is 2.24. The number of para-hydroxylation sites is 1. The van der Waals surface area contributed by atoms with Crippen LogP contribution < -0.4 is 31.9 Å². The zero-order chi connectivity index (χ0) is 23.4. The fourth-order valence-corrected chi connectivity index (χ4v) is 3.55. The predicted octanol–water partition coefficient (Wildman–Crippen LogP) is 1.63. The third-order valence-corrected chi connectivity index (χ3v) is 5.57. The van der Waals surface area contributed by atoms with Crippen molar-refractivity contribution in [3.8, 4) is 5.75 Å². The molecule has 0 bridgehead atoms. The SMILES string of the molecule is COc1cccc2cc(C(=O)/C=C/c3cc[n+](CC(=O)c4ccc(Br)cc4)cc3)c(=O)oc12.[Br-]. The molecule has 0 spiro atoms. The summed E-state index contributed by atoms with van der Waals surface area (Å²) in [6.45, 7) is 0.201. The van der Waals surface area contributed by atoms with Crippen LogP contribution in [-0.2, 0) is 6.54 Å². The second-order valence-corrected chi connectivity index (χ2v) is 8.17. The number of aromatic nitrogens is 1. The number of benzene rings is 2. The van der Waals surface area contributed by atoms with Gasteiger partial charge in [-0.15, -0.1) is 0 Å². The second-order valence-electron chi connectivity index (χ2n) is 7.26. The summed E-state index contributed by atoms with van der Waals surface area (Å²) in [5.41, 5.74) is 0.905. The van der Waals surface area contributed by atoms with Crippen molar-refractivity contribution in [3.63, 3.8) is 0 Å². The van der Waals surface area contributed by atoms with Crippen molar-refractivity contribution in [1.29, 1.82) is 0 Å². The second kappa shape index (κ2) is 11.2. The van der Waals surface area contributed by atoms with Gasteiger partial charge in [-0.25, -0.2) is 4.79 Å². The normalized spacial score (nSPS) is 10.8. The van der Waals surface area contributed by atoms with Gasteiger partial charge in [0.1, 0.15) is 5.56 Å².